The SMILES string of the molecule is CCO[C@H]1OC(C(=O)NC2CCC2)=C[C@@H](C2CCCCC2)[C@@H]1CCCO. The Morgan fingerprint density at radius 2 is 2.00 bits per heavy atom. The lowest BCUT2D eigenvalue weighted by Crippen LogP contribution is -2.45. The summed E-state index contributed by atoms with van der Waals surface area (Å²) in [5, 5.41) is 12.4. The van der Waals surface area contributed by atoms with Crippen molar-refractivity contribution in [2.75, 3.05) is 13.2 Å². The van der Waals surface area contributed by atoms with Crippen LogP contribution in [0, 0.1) is 17.8 Å². The molecule has 1 heterocycles. The van der Waals surface area contributed by atoms with Gasteiger partial charge in [-0.25, -0.2) is 0 Å². The minimum atomic E-state index is -0.384. The number of aliphatic hydroxyl groups excluding tert-OH is 1. The van der Waals surface area contributed by atoms with Crippen molar-refractivity contribution in [1.82, 2.24) is 5.32 Å². The van der Waals surface area contributed by atoms with Crippen molar-refractivity contribution in [2.45, 2.75) is 83.5 Å². The number of allylic oxidation sites excluding steroid dienone is 1. The van der Waals surface area contributed by atoms with E-state index in [-0.39, 0.29) is 24.7 Å². The molecule has 2 fully saturated rings. The third-order valence-corrected chi connectivity index (χ3v) is 6.32. The third kappa shape index (κ3) is 4.80. The summed E-state index contributed by atoms with van der Waals surface area (Å²) in [7, 11) is 0. The molecule has 0 aromatic rings. The standard InChI is InChI=1S/C21H35NO4/c1-2-25-21-17(12-7-13-23)18(15-8-4-3-5-9-15)14-19(26-21)20(24)22-16-10-6-11-16/h14-18,21,23H,2-13H2,1H3,(H,22,24)/t17-,18-,21-/m0/s1. The quantitative estimate of drug-likeness (QED) is 0.691. The fraction of sp³-hybridized carbons (Fsp3) is 0.857. The molecule has 1 aliphatic heterocycles. The highest BCUT2D eigenvalue weighted by atomic mass is 16.7. The molecule has 3 atom stereocenters. The molecule has 2 N–H and O–H groups in total. The van der Waals surface area contributed by atoms with Crippen LogP contribution < -0.4 is 5.32 Å². The number of hydrogen-bond acceptors (Lipinski definition) is 4. The van der Waals surface area contributed by atoms with E-state index in [9.17, 15) is 9.90 Å². The van der Waals surface area contributed by atoms with Crippen molar-refractivity contribution in [2.24, 2.45) is 17.8 Å². The summed E-state index contributed by atoms with van der Waals surface area (Å²) in [6.07, 6.45) is 12.9. The Balaban J connectivity index is 1.78. The van der Waals surface area contributed by atoms with E-state index >= 15 is 0 Å². The number of aliphatic hydroxyl groups is 1. The predicted molar refractivity (Wildman–Crippen MR) is 100 cm³/mol. The second-order valence-corrected chi connectivity index (χ2v) is 8.08. The van der Waals surface area contributed by atoms with Crippen LogP contribution in [0.1, 0.15) is 71.1 Å². The smallest absolute Gasteiger partial charge is 0.286 e. The summed E-state index contributed by atoms with van der Waals surface area (Å²) in [5.74, 6) is 1.47. The van der Waals surface area contributed by atoms with Gasteiger partial charge in [0.25, 0.3) is 5.91 Å². The maximum Gasteiger partial charge on any atom is 0.286 e. The van der Waals surface area contributed by atoms with Gasteiger partial charge >= 0.3 is 0 Å². The molecule has 5 heteroatoms. The van der Waals surface area contributed by atoms with E-state index < -0.39 is 0 Å². The average molecular weight is 366 g/mol. The summed E-state index contributed by atoms with van der Waals surface area (Å²) in [5.41, 5.74) is 0. The Morgan fingerprint density at radius 1 is 1.23 bits per heavy atom. The van der Waals surface area contributed by atoms with Gasteiger partial charge in [-0.1, -0.05) is 19.3 Å². The molecule has 0 radical (unpaired) electrons. The van der Waals surface area contributed by atoms with Crippen LogP contribution >= 0.6 is 0 Å². The fourth-order valence-electron chi connectivity index (χ4n) is 4.65. The van der Waals surface area contributed by atoms with E-state index in [1.807, 2.05) is 6.92 Å². The van der Waals surface area contributed by atoms with Crippen molar-refractivity contribution < 1.29 is 19.4 Å². The zero-order chi connectivity index (χ0) is 18.4. The largest absolute Gasteiger partial charge is 0.459 e. The molecule has 0 saturated heterocycles. The molecule has 26 heavy (non-hydrogen) atoms. The molecule has 0 spiro atoms. The Morgan fingerprint density at radius 3 is 2.62 bits per heavy atom. The van der Waals surface area contributed by atoms with Gasteiger partial charge in [-0.15, -0.1) is 0 Å². The molecule has 148 valence electrons. The van der Waals surface area contributed by atoms with Gasteiger partial charge in [0.15, 0.2) is 5.76 Å². The number of nitrogens with one attached hydrogen (secondary N) is 1. The van der Waals surface area contributed by atoms with Crippen LogP contribution in [-0.4, -0.2) is 36.6 Å². The topological polar surface area (TPSA) is 67.8 Å². The first-order valence-electron chi connectivity index (χ1n) is 10.6. The van der Waals surface area contributed by atoms with Crippen LogP contribution in [0.4, 0.5) is 0 Å². The molecular formula is C21H35NO4. The lowest BCUT2D eigenvalue weighted by molar-refractivity contribution is -0.177. The minimum absolute atomic E-state index is 0.0826. The molecule has 0 unspecified atom stereocenters. The number of amides is 1. The Kier molecular flexibility index (Phi) is 7.38. The van der Waals surface area contributed by atoms with Crippen LogP contribution in [0.2, 0.25) is 0 Å². The van der Waals surface area contributed by atoms with Gasteiger partial charge in [-0.05, 0) is 69.8 Å². The van der Waals surface area contributed by atoms with Gasteiger partial charge in [-0.2, -0.15) is 0 Å². The highest BCUT2D eigenvalue weighted by Crippen LogP contribution is 2.42. The van der Waals surface area contributed by atoms with Crippen LogP contribution in [0.5, 0.6) is 0 Å². The van der Waals surface area contributed by atoms with Gasteiger partial charge in [0.1, 0.15) is 0 Å². The molecule has 2 aliphatic carbocycles. The van der Waals surface area contributed by atoms with Gasteiger partial charge in [0.05, 0.1) is 0 Å². The van der Waals surface area contributed by atoms with Crippen molar-refractivity contribution >= 4 is 5.91 Å². The summed E-state index contributed by atoms with van der Waals surface area (Å²) in [6.45, 7) is 2.72. The summed E-state index contributed by atoms with van der Waals surface area (Å²) < 4.78 is 11.9. The van der Waals surface area contributed by atoms with Crippen molar-refractivity contribution in [3.8, 4) is 0 Å². The van der Waals surface area contributed by atoms with E-state index in [2.05, 4.69) is 11.4 Å². The normalized spacial score (nSPS) is 30.2. The van der Waals surface area contributed by atoms with Crippen molar-refractivity contribution in [3.63, 3.8) is 0 Å². The van der Waals surface area contributed by atoms with Crippen LogP contribution in [0.25, 0.3) is 0 Å². The second-order valence-electron chi connectivity index (χ2n) is 8.08. The van der Waals surface area contributed by atoms with E-state index in [0.29, 0.717) is 30.2 Å². The predicted octanol–water partition coefficient (Wildman–Crippen LogP) is 3.52. The zero-order valence-corrected chi connectivity index (χ0v) is 16.1. The molecule has 0 aromatic heterocycles. The van der Waals surface area contributed by atoms with Gasteiger partial charge in [0.2, 0.25) is 6.29 Å². The first kappa shape index (κ1) is 19.7. The number of carbonyl (C=O) groups excluding carboxylic acids is 1. The summed E-state index contributed by atoms with van der Waals surface area (Å²) in [6, 6.07) is 0.304. The molecule has 3 rings (SSSR count). The maximum absolute atomic E-state index is 12.7. The van der Waals surface area contributed by atoms with Gasteiger partial charge < -0.3 is 19.9 Å². The van der Waals surface area contributed by atoms with E-state index in [1.165, 1.54) is 38.5 Å². The monoisotopic (exact) mass is 365 g/mol. The highest BCUT2D eigenvalue weighted by Gasteiger charge is 2.41. The van der Waals surface area contributed by atoms with E-state index in [0.717, 1.165) is 25.7 Å². The number of rotatable bonds is 8. The molecule has 0 aromatic carbocycles. The molecule has 2 saturated carbocycles. The van der Waals surface area contributed by atoms with Gasteiger partial charge in [-0.3, -0.25) is 4.79 Å². The van der Waals surface area contributed by atoms with Crippen molar-refractivity contribution in [3.05, 3.63) is 11.8 Å². The molecule has 0 bridgehead atoms. The maximum atomic E-state index is 12.7. The first-order valence-corrected chi connectivity index (χ1v) is 10.6. The zero-order valence-electron chi connectivity index (χ0n) is 16.1. The second kappa shape index (κ2) is 9.75. The Hall–Kier alpha value is -1.07. The van der Waals surface area contributed by atoms with Crippen molar-refractivity contribution in [1.29, 1.82) is 0 Å². The Bertz CT molecular complexity index is 482. The molecular weight excluding hydrogens is 330 g/mol. The van der Waals surface area contributed by atoms with Gasteiger partial charge in [0, 0.05) is 25.2 Å². The molecule has 1 amide bonds. The Labute approximate surface area is 157 Å². The van der Waals surface area contributed by atoms with E-state index in [4.69, 9.17) is 9.47 Å². The number of ether oxygens (including phenoxy) is 2. The molecule has 5 nitrogen and oxygen atoms in total. The molecule has 3 aliphatic rings. The lowest BCUT2D eigenvalue weighted by atomic mass is 9.71. The van der Waals surface area contributed by atoms with E-state index in [1.54, 1.807) is 0 Å². The third-order valence-electron chi connectivity index (χ3n) is 6.32. The first-order chi connectivity index (χ1) is 12.7. The number of carbonyl (C=O) groups is 1. The van der Waals surface area contributed by atoms with Crippen LogP contribution in [-0.2, 0) is 14.3 Å². The fourth-order valence-corrected chi connectivity index (χ4v) is 4.65. The van der Waals surface area contributed by atoms with Crippen LogP contribution in [0.3, 0.4) is 0 Å². The average Bonchev–Trinajstić information content (AvgIpc) is 2.64. The summed E-state index contributed by atoms with van der Waals surface area (Å²) in [4.78, 5) is 12.7. The summed E-state index contributed by atoms with van der Waals surface area (Å²) >= 11 is 0. The number of hydrogen-bond donors (Lipinski definition) is 2. The lowest BCUT2D eigenvalue weighted by Gasteiger charge is -2.41. The highest BCUT2D eigenvalue weighted by molar-refractivity contribution is 5.91. The minimum Gasteiger partial charge on any atom is -0.459 e. The van der Waals surface area contributed by atoms with Crippen LogP contribution in [0.15, 0.2) is 11.8 Å².